The molecule has 3 aliphatic rings. The summed E-state index contributed by atoms with van der Waals surface area (Å²) in [4.78, 5) is 24.7. The van der Waals surface area contributed by atoms with Crippen LogP contribution in [-0.2, 0) is 25.5 Å². The Morgan fingerprint density at radius 3 is 2.88 bits per heavy atom. The van der Waals surface area contributed by atoms with E-state index in [1.807, 2.05) is 6.92 Å². The predicted octanol–water partition coefficient (Wildman–Crippen LogP) is 3.26. The summed E-state index contributed by atoms with van der Waals surface area (Å²) in [5, 5.41) is 0. The van der Waals surface area contributed by atoms with Crippen molar-refractivity contribution in [1.29, 1.82) is 0 Å². The largest absolute Gasteiger partial charge is 0.469 e. The first-order valence-electron chi connectivity index (χ1n) is 8.47. The lowest BCUT2D eigenvalue weighted by Gasteiger charge is -2.48. The first-order valence-corrected chi connectivity index (χ1v) is 8.47. The molecule has 4 rings (SSSR count). The van der Waals surface area contributed by atoms with Gasteiger partial charge >= 0.3 is 11.9 Å². The monoisotopic (exact) mass is 330 g/mol. The van der Waals surface area contributed by atoms with Gasteiger partial charge in [0.2, 0.25) is 0 Å². The zero-order valence-electron chi connectivity index (χ0n) is 14.3. The molecule has 1 aromatic rings. The highest BCUT2D eigenvalue weighted by Gasteiger charge is 2.66. The Hall–Kier alpha value is -2.04. The lowest BCUT2D eigenvalue weighted by Crippen LogP contribution is -2.51. The molecule has 0 amide bonds. The zero-order chi connectivity index (χ0) is 17.2. The van der Waals surface area contributed by atoms with Crippen molar-refractivity contribution in [3.8, 4) is 0 Å². The lowest BCUT2D eigenvalue weighted by molar-refractivity contribution is -0.159. The maximum absolute atomic E-state index is 12.7. The molecule has 1 aliphatic heterocycles. The first-order chi connectivity index (χ1) is 11.3. The summed E-state index contributed by atoms with van der Waals surface area (Å²) in [5.41, 5.74) is 2.01. The summed E-state index contributed by atoms with van der Waals surface area (Å²) in [6, 6.07) is 0. The maximum atomic E-state index is 12.7. The standard InChI is InChI=1S/C19H22O5/c1-9(2)17(20)23-12-6-5-11-7-13-14(10(3)8-22-13)16-19(11,4)15(12)18(21)24-16/h8,11-12,15-16H,1,5-7H2,2-4H3. The average molecular weight is 330 g/mol. The number of hydrogen-bond donors (Lipinski definition) is 0. The van der Waals surface area contributed by atoms with E-state index in [1.54, 1.807) is 13.2 Å². The Kier molecular flexibility index (Phi) is 3.21. The maximum Gasteiger partial charge on any atom is 0.333 e. The van der Waals surface area contributed by atoms with E-state index in [4.69, 9.17) is 13.9 Å². The molecule has 0 spiro atoms. The summed E-state index contributed by atoms with van der Waals surface area (Å²) in [6.07, 6.45) is 3.35. The number of fused-ring (bicyclic) bond motifs is 2. The first kappa shape index (κ1) is 15.5. The van der Waals surface area contributed by atoms with Crippen LogP contribution in [0.5, 0.6) is 0 Å². The topological polar surface area (TPSA) is 65.7 Å². The van der Waals surface area contributed by atoms with Crippen molar-refractivity contribution in [2.75, 3.05) is 0 Å². The second-order valence-corrected chi connectivity index (χ2v) is 7.62. The SMILES string of the molecule is C=C(C)C(=O)OC1CCC2Cc3occ(C)c3C3OC(=O)C1C23C. The molecule has 24 heavy (non-hydrogen) atoms. The van der Waals surface area contributed by atoms with Crippen molar-refractivity contribution in [2.24, 2.45) is 17.3 Å². The highest BCUT2D eigenvalue weighted by molar-refractivity contribution is 5.87. The summed E-state index contributed by atoms with van der Waals surface area (Å²) < 4.78 is 17.1. The molecule has 2 heterocycles. The summed E-state index contributed by atoms with van der Waals surface area (Å²) in [5.74, 6) is 0.101. The van der Waals surface area contributed by atoms with Gasteiger partial charge in [0, 0.05) is 23.0 Å². The van der Waals surface area contributed by atoms with Crippen LogP contribution < -0.4 is 0 Å². The smallest absolute Gasteiger partial charge is 0.333 e. The van der Waals surface area contributed by atoms with Crippen LogP contribution in [0.2, 0.25) is 0 Å². The number of rotatable bonds is 2. The molecule has 0 bridgehead atoms. The molecule has 5 nitrogen and oxygen atoms in total. The third kappa shape index (κ3) is 1.87. The highest BCUT2D eigenvalue weighted by atomic mass is 16.6. The summed E-state index contributed by atoms with van der Waals surface area (Å²) in [7, 11) is 0. The van der Waals surface area contributed by atoms with E-state index >= 15 is 0 Å². The van der Waals surface area contributed by atoms with E-state index < -0.39 is 18.0 Å². The van der Waals surface area contributed by atoms with Gasteiger partial charge in [-0.15, -0.1) is 0 Å². The number of aryl methyl sites for hydroxylation is 1. The van der Waals surface area contributed by atoms with E-state index in [9.17, 15) is 9.59 Å². The summed E-state index contributed by atoms with van der Waals surface area (Å²) >= 11 is 0. The fourth-order valence-electron chi connectivity index (χ4n) is 4.90. The van der Waals surface area contributed by atoms with Crippen molar-refractivity contribution in [3.63, 3.8) is 0 Å². The Balaban J connectivity index is 1.74. The molecule has 1 saturated heterocycles. The van der Waals surface area contributed by atoms with Crippen LogP contribution in [0.25, 0.3) is 0 Å². The van der Waals surface area contributed by atoms with E-state index in [0.717, 1.165) is 29.7 Å². The van der Waals surface area contributed by atoms with Crippen LogP contribution in [0.1, 0.15) is 49.7 Å². The molecule has 1 aromatic heterocycles. The highest BCUT2D eigenvalue weighted by Crippen LogP contribution is 2.63. The van der Waals surface area contributed by atoms with Gasteiger partial charge < -0.3 is 13.9 Å². The number of furan rings is 1. The Morgan fingerprint density at radius 1 is 1.42 bits per heavy atom. The minimum Gasteiger partial charge on any atom is -0.469 e. The van der Waals surface area contributed by atoms with Gasteiger partial charge in [-0.05, 0) is 38.2 Å². The molecule has 0 radical (unpaired) electrons. The Morgan fingerprint density at radius 2 is 2.17 bits per heavy atom. The van der Waals surface area contributed by atoms with E-state index in [-0.39, 0.29) is 23.4 Å². The van der Waals surface area contributed by atoms with E-state index in [0.29, 0.717) is 12.0 Å². The fraction of sp³-hybridized carbons (Fsp3) is 0.579. The van der Waals surface area contributed by atoms with Crippen molar-refractivity contribution in [3.05, 3.63) is 35.3 Å². The predicted molar refractivity (Wildman–Crippen MR) is 85.0 cm³/mol. The van der Waals surface area contributed by atoms with Crippen LogP contribution in [0.15, 0.2) is 22.8 Å². The van der Waals surface area contributed by atoms with Crippen molar-refractivity contribution < 1.29 is 23.5 Å². The van der Waals surface area contributed by atoms with E-state index in [2.05, 4.69) is 13.5 Å². The third-order valence-electron chi connectivity index (χ3n) is 6.18. The second-order valence-electron chi connectivity index (χ2n) is 7.62. The Bertz CT molecular complexity index is 745. The molecule has 5 unspecified atom stereocenters. The molecule has 2 fully saturated rings. The molecule has 5 atom stereocenters. The number of carbonyl (C=O) groups is 2. The van der Waals surface area contributed by atoms with Gasteiger partial charge in [0.15, 0.2) is 0 Å². The van der Waals surface area contributed by atoms with Gasteiger partial charge in [-0.25, -0.2) is 4.79 Å². The van der Waals surface area contributed by atoms with Crippen molar-refractivity contribution in [2.45, 2.75) is 52.2 Å². The number of ether oxygens (including phenoxy) is 2. The van der Waals surface area contributed by atoms with Crippen LogP contribution in [0.4, 0.5) is 0 Å². The van der Waals surface area contributed by atoms with Gasteiger partial charge in [0.25, 0.3) is 0 Å². The number of carbonyl (C=O) groups excluding carboxylic acids is 2. The molecule has 1 saturated carbocycles. The molecular formula is C19H22O5. The average Bonchev–Trinajstić information content (AvgIpc) is 3.00. The quantitative estimate of drug-likeness (QED) is 0.615. The molecule has 0 N–H and O–H groups in total. The van der Waals surface area contributed by atoms with Gasteiger partial charge in [0.1, 0.15) is 23.9 Å². The lowest BCUT2D eigenvalue weighted by atomic mass is 9.54. The molecular weight excluding hydrogens is 308 g/mol. The summed E-state index contributed by atoms with van der Waals surface area (Å²) in [6.45, 7) is 9.34. The third-order valence-corrected chi connectivity index (χ3v) is 6.18. The number of esters is 2. The Labute approximate surface area is 141 Å². The van der Waals surface area contributed by atoms with Gasteiger partial charge in [0.05, 0.1) is 6.26 Å². The van der Waals surface area contributed by atoms with Crippen LogP contribution in [-0.4, -0.2) is 18.0 Å². The van der Waals surface area contributed by atoms with Crippen LogP contribution in [0.3, 0.4) is 0 Å². The van der Waals surface area contributed by atoms with Gasteiger partial charge in [-0.1, -0.05) is 13.5 Å². The van der Waals surface area contributed by atoms with Gasteiger partial charge in [-0.2, -0.15) is 0 Å². The minimum absolute atomic E-state index is 0.264. The van der Waals surface area contributed by atoms with Gasteiger partial charge in [-0.3, -0.25) is 4.79 Å². The normalized spacial score (nSPS) is 36.5. The molecule has 2 aliphatic carbocycles. The molecule has 128 valence electrons. The second kappa shape index (κ2) is 4.98. The zero-order valence-corrected chi connectivity index (χ0v) is 14.3. The fourth-order valence-corrected chi connectivity index (χ4v) is 4.90. The van der Waals surface area contributed by atoms with E-state index in [1.165, 1.54) is 0 Å². The minimum atomic E-state index is -0.443. The van der Waals surface area contributed by atoms with Crippen molar-refractivity contribution in [1.82, 2.24) is 0 Å². The van der Waals surface area contributed by atoms with Crippen LogP contribution in [0, 0.1) is 24.2 Å². The van der Waals surface area contributed by atoms with Crippen molar-refractivity contribution >= 4 is 11.9 Å². The molecule has 5 heteroatoms. The number of hydrogen-bond acceptors (Lipinski definition) is 5. The molecule has 0 aromatic carbocycles. The van der Waals surface area contributed by atoms with Crippen LogP contribution >= 0.6 is 0 Å².